The highest BCUT2D eigenvalue weighted by molar-refractivity contribution is 7.23. The number of hydrogen-bond acceptors (Lipinski definition) is 6. The van der Waals surface area contributed by atoms with Crippen LogP contribution in [0, 0.1) is 6.92 Å². The predicted octanol–water partition coefficient (Wildman–Crippen LogP) is 3.66. The van der Waals surface area contributed by atoms with E-state index in [1.807, 2.05) is 19.1 Å². The third kappa shape index (κ3) is 3.39. The van der Waals surface area contributed by atoms with Gasteiger partial charge < -0.3 is 14.2 Å². The Balaban J connectivity index is 1.72. The molecule has 0 bridgehead atoms. The fraction of sp³-hybridized carbons (Fsp3) is 0.444. The molecule has 1 atom stereocenters. The number of fused-ring (bicyclic) bond motifs is 1. The Morgan fingerprint density at radius 1 is 1.38 bits per heavy atom. The molecule has 0 aliphatic carbocycles. The average Bonchev–Trinajstić information content (AvgIpc) is 3.33. The van der Waals surface area contributed by atoms with Gasteiger partial charge in [-0.2, -0.15) is 0 Å². The smallest absolute Gasteiger partial charge is 0.298 e. The van der Waals surface area contributed by atoms with Gasteiger partial charge in [-0.3, -0.25) is 9.69 Å². The van der Waals surface area contributed by atoms with E-state index in [1.54, 1.807) is 4.90 Å². The molecule has 26 heavy (non-hydrogen) atoms. The summed E-state index contributed by atoms with van der Waals surface area (Å²) in [6.07, 6.45) is 3.29. The van der Waals surface area contributed by atoms with Crippen LogP contribution < -0.4 is 4.90 Å². The maximum absolute atomic E-state index is 13.1. The van der Waals surface area contributed by atoms with Gasteiger partial charge in [-0.15, -0.1) is 0 Å². The molecule has 8 heteroatoms. The maximum Gasteiger partial charge on any atom is 0.298 e. The Kier molecular flexibility index (Phi) is 5.02. The molecule has 1 aromatic heterocycles. The van der Waals surface area contributed by atoms with Crippen LogP contribution in [-0.4, -0.2) is 43.4 Å². The van der Waals surface area contributed by atoms with E-state index in [2.05, 4.69) is 0 Å². The molecule has 0 saturated carbocycles. The molecule has 2 aliphatic heterocycles. The molecule has 1 aromatic carbocycles. The number of halogens is 1. The zero-order valence-electron chi connectivity index (χ0n) is 14.4. The largest absolute Gasteiger partial charge is 0.494 e. The lowest BCUT2D eigenvalue weighted by Gasteiger charge is -2.25. The number of nitrogens with zero attached hydrogens (tertiary/aromatic N) is 2. The van der Waals surface area contributed by atoms with Gasteiger partial charge in [0.25, 0.3) is 5.91 Å². The molecular weight excluding hydrogens is 376 g/mol. The number of aryl methyl sites for hydroxylation is 1. The van der Waals surface area contributed by atoms with Crippen LogP contribution in [0.15, 0.2) is 24.2 Å². The number of hydrogen-bond donors (Lipinski definition) is 0. The molecule has 4 rings (SSSR count). The normalized spacial score (nSPS) is 19.8. The zero-order chi connectivity index (χ0) is 18.1. The summed E-state index contributed by atoms with van der Waals surface area (Å²) in [5.41, 5.74) is 1.84. The van der Waals surface area contributed by atoms with E-state index in [0.29, 0.717) is 29.9 Å². The second-order valence-corrected chi connectivity index (χ2v) is 7.68. The summed E-state index contributed by atoms with van der Waals surface area (Å²) >= 11 is 7.74. The number of carbonyl (C=O) groups is 1. The van der Waals surface area contributed by atoms with Crippen LogP contribution in [0.5, 0.6) is 0 Å². The summed E-state index contributed by atoms with van der Waals surface area (Å²) < 4.78 is 17.3. The van der Waals surface area contributed by atoms with E-state index in [0.717, 1.165) is 35.2 Å². The monoisotopic (exact) mass is 394 g/mol. The molecule has 0 radical (unpaired) electrons. The topological polar surface area (TPSA) is 60.9 Å². The zero-order valence-corrected chi connectivity index (χ0v) is 15.9. The predicted molar refractivity (Wildman–Crippen MR) is 101 cm³/mol. The number of rotatable bonds is 4. The van der Waals surface area contributed by atoms with Crippen LogP contribution in [0.2, 0.25) is 5.02 Å². The van der Waals surface area contributed by atoms with Gasteiger partial charge in [-0.1, -0.05) is 29.0 Å². The lowest BCUT2D eigenvalue weighted by Crippen LogP contribution is -2.39. The molecule has 0 spiro atoms. The van der Waals surface area contributed by atoms with E-state index in [9.17, 15) is 4.79 Å². The Morgan fingerprint density at radius 3 is 2.96 bits per heavy atom. The average molecular weight is 395 g/mol. The SMILES string of the molecule is Cc1ccc(Cl)c2sc(N(CC3CCCO3)C(=O)C3=COCCO3)nc12. The van der Waals surface area contributed by atoms with Crippen molar-refractivity contribution in [3.63, 3.8) is 0 Å². The standard InChI is InChI=1S/C18H19ClN2O4S/c1-11-4-5-13(19)16-15(11)20-18(26-16)21(9-12-3-2-6-24-12)17(22)14-10-23-7-8-25-14/h4-5,10,12H,2-3,6-9H2,1H3. The number of carbonyl (C=O) groups excluding carboxylic acids is 1. The molecule has 6 nitrogen and oxygen atoms in total. The van der Waals surface area contributed by atoms with E-state index < -0.39 is 0 Å². The lowest BCUT2D eigenvalue weighted by molar-refractivity contribution is -0.120. The number of aromatic nitrogens is 1. The Hall–Kier alpha value is -1.83. The molecule has 1 unspecified atom stereocenters. The highest BCUT2D eigenvalue weighted by Crippen LogP contribution is 2.36. The number of ether oxygens (including phenoxy) is 3. The van der Waals surface area contributed by atoms with E-state index in [4.69, 9.17) is 30.8 Å². The molecular formula is C18H19ClN2O4S. The second kappa shape index (κ2) is 7.42. The van der Waals surface area contributed by atoms with Crippen LogP contribution in [0.25, 0.3) is 10.2 Å². The highest BCUT2D eigenvalue weighted by atomic mass is 35.5. The van der Waals surface area contributed by atoms with Gasteiger partial charge in [0.1, 0.15) is 19.5 Å². The summed E-state index contributed by atoms with van der Waals surface area (Å²) in [6.45, 7) is 3.93. The van der Waals surface area contributed by atoms with Crippen LogP contribution >= 0.6 is 22.9 Å². The van der Waals surface area contributed by atoms with Gasteiger partial charge in [0.2, 0.25) is 5.76 Å². The van der Waals surface area contributed by atoms with Crippen molar-refractivity contribution in [2.45, 2.75) is 25.9 Å². The Morgan fingerprint density at radius 2 is 2.27 bits per heavy atom. The van der Waals surface area contributed by atoms with Crippen molar-refractivity contribution in [2.75, 3.05) is 31.3 Å². The summed E-state index contributed by atoms with van der Waals surface area (Å²) in [6, 6.07) is 3.79. The van der Waals surface area contributed by atoms with E-state index in [-0.39, 0.29) is 17.8 Å². The van der Waals surface area contributed by atoms with Crippen LogP contribution in [0.4, 0.5) is 5.13 Å². The van der Waals surface area contributed by atoms with Crippen LogP contribution in [0.1, 0.15) is 18.4 Å². The molecule has 1 fully saturated rings. The molecule has 2 aromatic rings. The van der Waals surface area contributed by atoms with Gasteiger partial charge in [0.15, 0.2) is 5.13 Å². The molecule has 1 amide bonds. The molecule has 3 heterocycles. The summed E-state index contributed by atoms with van der Waals surface area (Å²) in [7, 11) is 0. The quantitative estimate of drug-likeness (QED) is 0.792. The Labute approximate surface area is 160 Å². The van der Waals surface area contributed by atoms with Crippen LogP contribution in [0.3, 0.4) is 0 Å². The first kappa shape index (κ1) is 17.6. The van der Waals surface area contributed by atoms with Gasteiger partial charge in [-0.05, 0) is 31.4 Å². The molecule has 0 N–H and O–H groups in total. The fourth-order valence-electron chi connectivity index (χ4n) is 3.06. The summed E-state index contributed by atoms with van der Waals surface area (Å²) in [5.74, 6) is -0.0793. The third-order valence-electron chi connectivity index (χ3n) is 4.43. The fourth-order valence-corrected chi connectivity index (χ4v) is 4.38. The number of thiazole rings is 1. The molecule has 138 valence electrons. The third-order valence-corrected chi connectivity index (χ3v) is 5.97. The second-order valence-electron chi connectivity index (χ2n) is 6.29. The van der Waals surface area contributed by atoms with Crippen molar-refractivity contribution in [1.82, 2.24) is 4.98 Å². The maximum atomic E-state index is 13.1. The first-order valence-electron chi connectivity index (χ1n) is 8.57. The van der Waals surface area contributed by atoms with Crippen molar-refractivity contribution in [2.24, 2.45) is 0 Å². The number of benzene rings is 1. The van der Waals surface area contributed by atoms with Crippen LogP contribution in [-0.2, 0) is 19.0 Å². The van der Waals surface area contributed by atoms with E-state index >= 15 is 0 Å². The molecule has 2 aliphatic rings. The minimum absolute atomic E-state index is 0.00681. The lowest BCUT2D eigenvalue weighted by atomic mass is 10.2. The summed E-state index contributed by atoms with van der Waals surface area (Å²) in [4.78, 5) is 19.4. The van der Waals surface area contributed by atoms with Crippen molar-refractivity contribution in [3.8, 4) is 0 Å². The summed E-state index contributed by atoms with van der Waals surface area (Å²) in [5, 5.41) is 1.22. The number of amides is 1. The van der Waals surface area contributed by atoms with Gasteiger partial charge >= 0.3 is 0 Å². The first-order valence-corrected chi connectivity index (χ1v) is 9.76. The van der Waals surface area contributed by atoms with Gasteiger partial charge in [0.05, 0.1) is 27.9 Å². The van der Waals surface area contributed by atoms with Crippen molar-refractivity contribution >= 4 is 44.2 Å². The van der Waals surface area contributed by atoms with E-state index in [1.165, 1.54) is 17.6 Å². The first-order chi connectivity index (χ1) is 12.6. The van der Waals surface area contributed by atoms with Crippen molar-refractivity contribution < 1.29 is 19.0 Å². The molecule has 1 saturated heterocycles. The number of anilines is 1. The minimum Gasteiger partial charge on any atom is -0.494 e. The van der Waals surface area contributed by atoms with Crippen molar-refractivity contribution in [1.29, 1.82) is 0 Å². The van der Waals surface area contributed by atoms with Gasteiger partial charge in [-0.25, -0.2) is 4.98 Å². The van der Waals surface area contributed by atoms with Gasteiger partial charge in [0, 0.05) is 6.61 Å². The Bertz CT molecular complexity index is 821. The van der Waals surface area contributed by atoms with Crippen molar-refractivity contribution in [3.05, 3.63) is 34.7 Å². The minimum atomic E-state index is -0.270. The highest BCUT2D eigenvalue weighted by Gasteiger charge is 2.30.